The van der Waals surface area contributed by atoms with E-state index in [1.54, 1.807) is 18.2 Å². The van der Waals surface area contributed by atoms with Crippen LogP contribution in [0.3, 0.4) is 0 Å². The summed E-state index contributed by atoms with van der Waals surface area (Å²) in [5, 5.41) is 0.455. The number of benzene rings is 2. The smallest absolute Gasteiger partial charge is 0.218 e. The number of ether oxygens (including phenoxy) is 1. The first-order valence-electron chi connectivity index (χ1n) is 6.85. The molecule has 0 saturated carbocycles. The van der Waals surface area contributed by atoms with E-state index >= 15 is 0 Å². The van der Waals surface area contributed by atoms with Crippen molar-refractivity contribution in [1.82, 2.24) is 0 Å². The zero-order chi connectivity index (χ0) is 15.2. The van der Waals surface area contributed by atoms with Crippen LogP contribution in [0.15, 0.2) is 48.5 Å². The number of hydrogen-bond donors (Lipinski definition) is 2. The summed E-state index contributed by atoms with van der Waals surface area (Å²) >= 11 is 0. The molecule has 0 heterocycles. The second-order valence-electron chi connectivity index (χ2n) is 5.08. The third kappa shape index (κ3) is 4.71. The third-order valence-electron chi connectivity index (χ3n) is 3.12. The Hall–Kier alpha value is -1.61. The molecule has 0 aliphatic rings. The van der Waals surface area contributed by atoms with Crippen LogP contribution in [-0.4, -0.2) is 10.9 Å². The van der Waals surface area contributed by atoms with Gasteiger partial charge in [0.2, 0.25) is 8.03 Å². The van der Waals surface area contributed by atoms with Gasteiger partial charge in [-0.05, 0) is 37.1 Å². The molecule has 112 valence electrons. The van der Waals surface area contributed by atoms with Gasteiger partial charge in [-0.15, -0.1) is 0 Å². The monoisotopic (exact) mass is 305 g/mol. The molecule has 0 spiro atoms. The number of nitrogens with two attached hydrogens (primary N) is 1. The second kappa shape index (κ2) is 7.41. The van der Waals surface area contributed by atoms with E-state index in [0.29, 0.717) is 5.30 Å². The molecule has 3 N–H and O–H groups in total. The summed E-state index contributed by atoms with van der Waals surface area (Å²) in [5.74, 6) is 0.732. The summed E-state index contributed by atoms with van der Waals surface area (Å²) in [6.07, 6.45) is 0.829. The van der Waals surface area contributed by atoms with E-state index in [0.717, 1.165) is 23.3 Å². The first kappa shape index (κ1) is 15.8. The molecule has 1 unspecified atom stereocenters. The average Bonchev–Trinajstić information content (AvgIpc) is 2.46. The lowest BCUT2D eigenvalue weighted by molar-refractivity contribution is 0.307. The number of hydrogen-bond acceptors (Lipinski definition) is 3. The fourth-order valence-corrected chi connectivity index (χ4v) is 2.78. The minimum atomic E-state index is -2.71. The summed E-state index contributed by atoms with van der Waals surface area (Å²) < 4.78 is 17.0. The van der Waals surface area contributed by atoms with Gasteiger partial charge in [-0.2, -0.15) is 0 Å². The first-order chi connectivity index (χ1) is 10.1. The predicted molar refractivity (Wildman–Crippen MR) is 85.4 cm³/mol. The zero-order valence-corrected chi connectivity index (χ0v) is 13.0. The predicted octanol–water partition coefficient (Wildman–Crippen LogP) is 2.25. The normalized spacial score (nSPS) is 13.7. The lowest BCUT2D eigenvalue weighted by atomic mass is 10.1. The van der Waals surface area contributed by atoms with Crippen LogP contribution in [0.1, 0.15) is 18.1 Å². The van der Waals surface area contributed by atoms with Gasteiger partial charge in [-0.3, -0.25) is 4.57 Å². The van der Waals surface area contributed by atoms with Crippen LogP contribution in [0.4, 0.5) is 0 Å². The fraction of sp³-hybridized carbons (Fsp3) is 0.250. The Kier molecular flexibility index (Phi) is 5.57. The van der Waals surface area contributed by atoms with E-state index in [4.69, 9.17) is 10.5 Å². The molecule has 4 nitrogen and oxygen atoms in total. The Morgan fingerprint density at radius 2 is 1.86 bits per heavy atom. The summed E-state index contributed by atoms with van der Waals surface area (Å²) in [6.45, 7) is 2.25. The van der Waals surface area contributed by atoms with Crippen LogP contribution < -0.4 is 15.8 Å². The fourth-order valence-electron chi connectivity index (χ4n) is 2.11. The van der Waals surface area contributed by atoms with Gasteiger partial charge in [0.25, 0.3) is 0 Å². The van der Waals surface area contributed by atoms with E-state index in [2.05, 4.69) is 0 Å². The molecule has 2 rings (SSSR count). The van der Waals surface area contributed by atoms with Gasteiger partial charge in [-0.1, -0.05) is 30.3 Å². The summed E-state index contributed by atoms with van der Waals surface area (Å²) in [7, 11) is -2.71. The quantitative estimate of drug-likeness (QED) is 0.803. The van der Waals surface area contributed by atoms with Crippen LogP contribution in [-0.2, 0) is 17.6 Å². The maximum Gasteiger partial charge on any atom is 0.218 e. The molecule has 0 aromatic heterocycles. The molecular formula is C16H20NO3P. The van der Waals surface area contributed by atoms with Crippen molar-refractivity contribution in [3.05, 3.63) is 59.7 Å². The van der Waals surface area contributed by atoms with Gasteiger partial charge >= 0.3 is 0 Å². The molecule has 5 heteroatoms. The van der Waals surface area contributed by atoms with Crippen molar-refractivity contribution in [2.24, 2.45) is 5.73 Å². The highest BCUT2D eigenvalue weighted by molar-refractivity contribution is 7.47. The zero-order valence-electron chi connectivity index (χ0n) is 12.0. The molecule has 2 aromatic rings. The molecule has 2 aromatic carbocycles. The van der Waals surface area contributed by atoms with Gasteiger partial charge in [0.1, 0.15) is 12.4 Å². The Morgan fingerprint density at radius 3 is 2.48 bits per heavy atom. The highest BCUT2D eigenvalue weighted by Gasteiger charge is 2.07. The van der Waals surface area contributed by atoms with Crippen LogP contribution in [0.5, 0.6) is 5.75 Å². The molecule has 2 atom stereocenters. The van der Waals surface area contributed by atoms with E-state index in [1.807, 2.05) is 37.3 Å². The maximum atomic E-state index is 11.3. The molecule has 0 amide bonds. The average molecular weight is 305 g/mol. The van der Waals surface area contributed by atoms with E-state index in [1.165, 1.54) is 0 Å². The molecule has 0 saturated heterocycles. The van der Waals surface area contributed by atoms with Crippen molar-refractivity contribution >= 4 is 13.3 Å². The summed E-state index contributed by atoms with van der Waals surface area (Å²) in [5.41, 5.74) is 7.66. The maximum absolute atomic E-state index is 11.3. The molecule has 0 bridgehead atoms. The standard InChI is InChI=1S/C16H20NO3P/c1-12(17)10-13-6-8-15(9-7-13)20-11-14-4-2-3-5-16(14)21(18)19/h2-9,12,21H,10-11,17H2,1H3,(H,18,19). The van der Waals surface area contributed by atoms with Gasteiger partial charge in [0.15, 0.2) is 0 Å². The first-order valence-corrected chi connectivity index (χ1v) is 8.20. The van der Waals surface area contributed by atoms with E-state index in [-0.39, 0.29) is 12.6 Å². The Morgan fingerprint density at radius 1 is 1.19 bits per heavy atom. The molecule has 0 aliphatic heterocycles. The Balaban J connectivity index is 2.02. The van der Waals surface area contributed by atoms with Crippen LogP contribution in [0, 0.1) is 0 Å². The van der Waals surface area contributed by atoms with Crippen LogP contribution in [0.2, 0.25) is 0 Å². The highest BCUT2D eigenvalue weighted by Crippen LogP contribution is 2.19. The van der Waals surface area contributed by atoms with Gasteiger partial charge in [-0.25, -0.2) is 0 Å². The number of rotatable bonds is 6. The molecule has 0 fully saturated rings. The molecule has 21 heavy (non-hydrogen) atoms. The highest BCUT2D eigenvalue weighted by atomic mass is 31.1. The van der Waals surface area contributed by atoms with Crippen molar-refractivity contribution in [3.63, 3.8) is 0 Å². The molecule has 0 radical (unpaired) electrons. The van der Waals surface area contributed by atoms with Crippen LogP contribution >= 0.6 is 8.03 Å². The van der Waals surface area contributed by atoms with Crippen molar-refractivity contribution in [1.29, 1.82) is 0 Å². The van der Waals surface area contributed by atoms with Gasteiger partial charge in [0, 0.05) is 16.9 Å². The summed E-state index contributed by atoms with van der Waals surface area (Å²) in [6, 6.07) is 14.9. The van der Waals surface area contributed by atoms with E-state index < -0.39 is 8.03 Å². The van der Waals surface area contributed by atoms with Gasteiger partial charge < -0.3 is 15.4 Å². The molecular weight excluding hydrogens is 285 g/mol. The lowest BCUT2D eigenvalue weighted by Gasteiger charge is -2.10. The van der Waals surface area contributed by atoms with Crippen molar-refractivity contribution in [3.8, 4) is 5.75 Å². The van der Waals surface area contributed by atoms with Crippen molar-refractivity contribution < 1.29 is 14.2 Å². The largest absolute Gasteiger partial charge is 0.489 e. The third-order valence-corrected chi connectivity index (χ3v) is 4.07. The SMILES string of the molecule is CC(N)Cc1ccc(OCc2ccccc2[P@H](=O)O)cc1. The second-order valence-corrected chi connectivity index (χ2v) is 6.23. The van der Waals surface area contributed by atoms with Crippen molar-refractivity contribution in [2.45, 2.75) is 26.0 Å². The van der Waals surface area contributed by atoms with Crippen molar-refractivity contribution in [2.75, 3.05) is 0 Å². The minimum Gasteiger partial charge on any atom is -0.489 e. The topological polar surface area (TPSA) is 72.5 Å². The minimum absolute atomic E-state index is 0.130. The van der Waals surface area contributed by atoms with Gasteiger partial charge in [0.05, 0.1) is 0 Å². The summed E-state index contributed by atoms with van der Waals surface area (Å²) in [4.78, 5) is 9.30. The lowest BCUT2D eigenvalue weighted by Crippen LogP contribution is -2.17. The Labute approximate surface area is 125 Å². The Bertz CT molecular complexity index is 611. The van der Waals surface area contributed by atoms with E-state index in [9.17, 15) is 9.46 Å². The van der Waals surface area contributed by atoms with Crippen LogP contribution in [0.25, 0.3) is 0 Å². The molecule has 0 aliphatic carbocycles.